The molecule has 0 fully saturated rings. The van der Waals surface area contributed by atoms with Crippen molar-refractivity contribution in [3.8, 4) is 11.5 Å². The minimum absolute atomic E-state index is 0.221. The van der Waals surface area contributed by atoms with E-state index in [-0.39, 0.29) is 11.9 Å². The molecule has 0 aliphatic rings. The van der Waals surface area contributed by atoms with E-state index in [0.29, 0.717) is 23.7 Å². The van der Waals surface area contributed by atoms with E-state index in [0.717, 1.165) is 6.42 Å². The highest BCUT2D eigenvalue weighted by atomic mass is 16.5. The molecule has 0 radical (unpaired) electrons. The molecule has 29 heavy (non-hydrogen) atoms. The van der Waals surface area contributed by atoms with Gasteiger partial charge >= 0.3 is 6.03 Å². The number of hydrogen-bond acceptors (Lipinski definition) is 3. The van der Waals surface area contributed by atoms with Gasteiger partial charge in [-0.2, -0.15) is 0 Å². The molecule has 0 aliphatic carbocycles. The van der Waals surface area contributed by atoms with Crippen molar-refractivity contribution in [2.24, 2.45) is 0 Å². The zero-order valence-electron chi connectivity index (χ0n) is 16.7. The number of carbonyl (C=O) groups is 1. The first-order valence-electron chi connectivity index (χ1n) is 9.58. The van der Waals surface area contributed by atoms with Crippen LogP contribution in [0.2, 0.25) is 0 Å². The maximum Gasteiger partial charge on any atom is 0.319 e. The monoisotopic (exact) mass is 390 g/mol. The molecule has 0 atom stereocenters. The molecular weight excluding hydrogens is 364 g/mol. The first-order valence-corrected chi connectivity index (χ1v) is 9.58. The molecule has 0 unspecified atom stereocenters. The predicted molar refractivity (Wildman–Crippen MR) is 116 cm³/mol. The van der Waals surface area contributed by atoms with Crippen LogP contribution in [-0.2, 0) is 0 Å². The van der Waals surface area contributed by atoms with Gasteiger partial charge in [-0.1, -0.05) is 60.7 Å². The number of methoxy groups -OCH3 is 2. The van der Waals surface area contributed by atoms with Crippen molar-refractivity contribution in [2.75, 3.05) is 26.1 Å². The van der Waals surface area contributed by atoms with E-state index >= 15 is 0 Å². The Morgan fingerprint density at radius 1 is 0.828 bits per heavy atom. The van der Waals surface area contributed by atoms with Gasteiger partial charge in [-0.05, 0) is 29.7 Å². The third-order valence-corrected chi connectivity index (χ3v) is 4.76. The summed E-state index contributed by atoms with van der Waals surface area (Å²) in [5, 5.41) is 5.78. The normalized spacial score (nSPS) is 10.4. The fourth-order valence-corrected chi connectivity index (χ4v) is 3.32. The van der Waals surface area contributed by atoms with Crippen LogP contribution in [0.1, 0.15) is 23.5 Å². The van der Waals surface area contributed by atoms with Gasteiger partial charge in [0.15, 0.2) is 11.5 Å². The van der Waals surface area contributed by atoms with Crippen LogP contribution in [0.25, 0.3) is 0 Å². The molecular formula is C24H26N2O3. The largest absolute Gasteiger partial charge is 0.493 e. The number of amides is 2. The Labute approximate surface area is 171 Å². The van der Waals surface area contributed by atoms with Gasteiger partial charge in [0.05, 0.1) is 14.2 Å². The maximum atomic E-state index is 12.3. The van der Waals surface area contributed by atoms with Crippen LogP contribution < -0.4 is 20.1 Å². The van der Waals surface area contributed by atoms with Crippen molar-refractivity contribution in [1.82, 2.24) is 5.32 Å². The molecule has 0 saturated heterocycles. The second kappa shape index (κ2) is 10.2. The summed E-state index contributed by atoms with van der Waals surface area (Å²) in [4.78, 5) is 12.3. The molecule has 0 saturated carbocycles. The van der Waals surface area contributed by atoms with Crippen molar-refractivity contribution < 1.29 is 14.3 Å². The van der Waals surface area contributed by atoms with Crippen LogP contribution in [0.4, 0.5) is 10.5 Å². The Bertz CT molecular complexity index is 874. The molecule has 0 aliphatic heterocycles. The van der Waals surface area contributed by atoms with Gasteiger partial charge in [0.25, 0.3) is 0 Å². The number of rotatable bonds is 8. The predicted octanol–water partition coefficient (Wildman–Crippen LogP) is 5.05. The summed E-state index contributed by atoms with van der Waals surface area (Å²) in [5.41, 5.74) is 3.12. The molecule has 2 N–H and O–H groups in total. The molecule has 3 rings (SSSR count). The van der Waals surface area contributed by atoms with Crippen molar-refractivity contribution >= 4 is 11.7 Å². The van der Waals surface area contributed by atoms with Crippen LogP contribution in [0.5, 0.6) is 11.5 Å². The smallest absolute Gasteiger partial charge is 0.319 e. The molecule has 0 heterocycles. The number of benzene rings is 3. The lowest BCUT2D eigenvalue weighted by Crippen LogP contribution is -2.30. The van der Waals surface area contributed by atoms with Crippen LogP contribution in [0.3, 0.4) is 0 Å². The molecule has 5 nitrogen and oxygen atoms in total. The van der Waals surface area contributed by atoms with Gasteiger partial charge in [0.2, 0.25) is 0 Å². The Morgan fingerprint density at radius 2 is 1.41 bits per heavy atom. The minimum atomic E-state index is -0.253. The SMILES string of the molecule is COc1ccc(NC(=O)NCCC(c2ccccc2)c2ccccc2)cc1OC. The lowest BCUT2D eigenvalue weighted by atomic mass is 9.88. The molecule has 0 aromatic heterocycles. The molecule has 3 aromatic carbocycles. The Balaban J connectivity index is 1.60. The van der Waals surface area contributed by atoms with Crippen molar-refractivity contribution in [3.63, 3.8) is 0 Å². The number of nitrogens with one attached hydrogen (secondary N) is 2. The molecule has 0 spiro atoms. The van der Waals surface area contributed by atoms with E-state index in [4.69, 9.17) is 9.47 Å². The van der Waals surface area contributed by atoms with E-state index in [1.807, 2.05) is 36.4 Å². The highest BCUT2D eigenvalue weighted by molar-refractivity contribution is 5.89. The van der Waals surface area contributed by atoms with Crippen molar-refractivity contribution in [3.05, 3.63) is 90.0 Å². The van der Waals surface area contributed by atoms with E-state index in [2.05, 4.69) is 34.9 Å². The Kier molecular flexibility index (Phi) is 7.11. The van der Waals surface area contributed by atoms with Crippen LogP contribution in [0, 0.1) is 0 Å². The van der Waals surface area contributed by atoms with Gasteiger partial charge in [-0.15, -0.1) is 0 Å². The Hall–Kier alpha value is -3.47. The third-order valence-electron chi connectivity index (χ3n) is 4.76. The second-order valence-corrected chi connectivity index (χ2v) is 6.61. The van der Waals surface area contributed by atoms with Gasteiger partial charge in [0.1, 0.15) is 0 Å². The van der Waals surface area contributed by atoms with Gasteiger partial charge in [-0.3, -0.25) is 0 Å². The third kappa shape index (κ3) is 5.51. The number of carbonyl (C=O) groups excluding carboxylic acids is 1. The molecule has 5 heteroatoms. The van der Waals surface area contributed by atoms with E-state index in [1.165, 1.54) is 11.1 Å². The summed E-state index contributed by atoms with van der Waals surface area (Å²) >= 11 is 0. The van der Waals surface area contributed by atoms with Gasteiger partial charge in [0, 0.05) is 24.2 Å². The van der Waals surface area contributed by atoms with Crippen molar-refractivity contribution in [2.45, 2.75) is 12.3 Å². The van der Waals surface area contributed by atoms with E-state index < -0.39 is 0 Å². The summed E-state index contributed by atoms with van der Waals surface area (Å²) in [7, 11) is 3.14. The van der Waals surface area contributed by atoms with Crippen LogP contribution >= 0.6 is 0 Å². The number of ether oxygens (including phenoxy) is 2. The molecule has 0 bridgehead atoms. The lowest BCUT2D eigenvalue weighted by molar-refractivity contribution is 0.252. The fourth-order valence-electron chi connectivity index (χ4n) is 3.32. The highest BCUT2D eigenvalue weighted by Crippen LogP contribution is 2.30. The average molecular weight is 390 g/mol. The summed E-state index contributed by atoms with van der Waals surface area (Å²) in [6, 6.07) is 25.7. The zero-order chi connectivity index (χ0) is 20.5. The number of anilines is 1. The van der Waals surface area contributed by atoms with E-state index in [9.17, 15) is 4.79 Å². The van der Waals surface area contributed by atoms with Crippen LogP contribution in [0.15, 0.2) is 78.9 Å². The summed E-state index contributed by atoms with van der Waals surface area (Å²) in [6.07, 6.45) is 0.799. The van der Waals surface area contributed by atoms with E-state index in [1.54, 1.807) is 32.4 Å². The topological polar surface area (TPSA) is 59.6 Å². The highest BCUT2D eigenvalue weighted by Gasteiger charge is 2.14. The lowest BCUT2D eigenvalue weighted by Gasteiger charge is -2.18. The molecule has 3 aromatic rings. The first-order chi connectivity index (χ1) is 14.2. The number of hydrogen-bond donors (Lipinski definition) is 2. The molecule has 2 amide bonds. The Morgan fingerprint density at radius 3 is 1.97 bits per heavy atom. The van der Waals surface area contributed by atoms with Gasteiger partial charge in [-0.25, -0.2) is 4.79 Å². The summed E-state index contributed by atoms with van der Waals surface area (Å²) in [5.74, 6) is 1.41. The first kappa shape index (κ1) is 20.3. The van der Waals surface area contributed by atoms with Gasteiger partial charge < -0.3 is 20.1 Å². The fraction of sp³-hybridized carbons (Fsp3) is 0.208. The second-order valence-electron chi connectivity index (χ2n) is 6.61. The standard InChI is InChI=1S/C24H26N2O3/c1-28-22-14-13-20(17-23(22)29-2)26-24(27)25-16-15-21(18-9-5-3-6-10-18)19-11-7-4-8-12-19/h3-14,17,21H,15-16H2,1-2H3,(H2,25,26,27). The maximum absolute atomic E-state index is 12.3. The molecule has 150 valence electrons. The van der Waals surface area contributed by atoms with Crippen LogP contribution in [-0.4, -0.2) is 26.8 Å². The minimum Gasteiger partial charge on any atom is -0.493 e. The zero-order valence-corrected chi connectivity index (χ0v) is 16.7. The quantitative estimate of drug-likeness (QED) is 0.566. The summed E-state index contributed by atoms with van der Waals surface area (Å²) < 4.78 is 10.5. The number of urea groups is 1. The average Bonchev–Trinajstić information content (AvgIpc) is 2.77. The summed E-state index contributed by atoms with van der Waals surface area (Å²) in [6.45, 7) is 0.549. The van der Waals surface area contributed by atoms with Crippen molar-refractivity contribution in [1.29, 1.82) is 0 Å².